The quantitative estimate of drug-likeness (QED) is 0.913. The third-order valence-corrected chi connectivity index (χ3v) is 2.69. The van der Waals surface area contributed by atoms with Crippen molar-refractivity contribution in [2.45, 2.75) is 6.92 Å². The molecule has 19 heavy (non-hydrogen) atoms. The Hall–Kier alpha value is -2.36. The van der Waals surface area contributed by atoms with Crippen LogP contribution in [0.1, 0.15) is 17.3 Å². The van der Waals surface area contributed by atoms with Gasteiger partial charge in [-0.3, -0.25) is 0 Å². The second kappa shape index (κ2) is 5.52. The van der Waals surface area contributed by atoms with Gasteiger partial charge in [0.15, 0.2) is 0 Å². The van der Waals surface area contributed by atoms with E-state index < -0.39 is 11.8 Å². The first kappa shape index (κ1) is 13.1. The van der Waals surface area contributed by atoms with Crippen molar-refractivity contribution < 1.29 is 19.0 Å². The standard InChI is InChI=1S/C15H13FO3/c1-2-19-12-6-3-10(4-7-12)13-9-11(15(17)18)5-8-14(13)16/h3-9H,2H2,1H3,(H,17,18). The van der Waals surface area contributed by atoms with E-state index in [1.165, 1.54) is 12.1 Å². The minimum atomic E-state index is -1.08. The van der Waals surface area contributed by atoms with Crippen molar-refractivity contribution in [1.82, 2.24) is 0 Å². The summed E-state index contributed by atoms with van der Waals surface area (Å²) in [5, 5.41) is 8.92. The topological polar surface area (TPSA) is 46.5 Å². The second-order valence-corrected chi connectivity index (χ2v) is 3.96. The summed E-state index contributed by atoms with van der Waals surface area (Å²) in [4.78, 5) is 10.9. The summed E-state index contributed by atoms with van der Waals surface area (Å²) in [6.07, 6.45) is 0. The number of rotatable bonds is 4. The van der Waals surface area contributed by atoms with Crippen LogP contribution < -0.4 is 4.74 Å². The number of aromatic carboxylic acids is 1. The SMILES string of the molecule is CCOc1ccc(-c2cc(C(=O)O)ccc2F)cc1. The molecule has 2 aromatic rings. The average molecular weight is 260 g/mol. The number of halogens is 1. The summed E-state index contributed by atoms with van der Waals surface area (Å²) in [6.45, 7) is 2.44. The van der Waals surface area contributed by atoms with Gasteiger partial charge in [-0.1, -0.05) is 12.1 Å². The molecule has 2 aromatic carbocycles. The molecule has 0 unspecified atom stereocenters. The molecule has 98 valence electrons. The summed E-state index contributed by atoms with van der Waals surface area (Å²) >= 11 is 0. The predicted octanol–water partition coefficient (Wildman–Crippen LogP) is 3.59. The van der Waals surface area contributed by atoms with Crippen LogP contribution in [0.5, 0.6) is 5.75 Å². The van der Waals surface area contributed by atoms with E-state index in [9.17, 15) is 9.18 Å². The van der Waals surface area contributed by atoms with E-state index in [1.54, 1.807) is 24.3 Å². The van der Waals surface area contributed by atoms with Crippen LogP contribution in [-0.2, 0) is 0 Å². The molecule has 0 spiro atoms. The van der Waals surface area contributed by atoms with E-state index in [2.05, 4.69) is 0 Å². The molecule has 0 saturated carbocycles. The lowest BCUT2D eigenvalue weighted by atomic mass is 10.0. The lowest BCUT2D eigenvalue weighted by Gasteiger charge is -2.07. The largest absolute Gasteiger partial charge is 0.494 e. The average Bonchev–Trinajstić information content (AvgIpc) is 2.40. The molecular formula is C15H13FO3. The highest BCUT2D eigenvalue weighted by Crippen LogP contribution is 2.26. The molecule has 0 aliphatic rings. The fraction of sp³-hybridized carbons (Fsp3) is 0.133. The van der Waals surface area contributed by atoms with Crippen LogP contribution in [0, 0.1) is 5.82 Å². The van der Waals surface area contributed by atoms with Crippen molar-refractivity contribution in [2.75, 3.05) is 6.61 Å². The van der Waals surface area contributed by atoms with Crippen molar-refractivity contribution in [3.8, 4) is 16.9 Å². The Morgan fingerprint density at radius 2 is 1.89 bits per heavy atom. The van der Waals surface area contributed by atoms with Gasteiger partial charge in [0.1, 0.15) is 11.6 Å². The maximum absolute atomic E-state index is 13.7. The van der Waals surface area contributed by atoms with E-state index in [4.69, 9.17) is 9.84 Å². The first-order chi connectivity index (χ1) is 9.11. The van der Waals surface area contributed by atoms with Gasteiger partial charge >= 0.3 is 5.97 Å². The zero-order valence-corrected chi connectivity index (χ0v) is 10.4. The van der Waals surface area contributed by atoms with Crippen molar-refractivity contribution in [2.24, 2.45) is 0 Å². The van der Waals surface area contributed by atoms with Crippen LogP contribution >= 0.6 is 0 Å². The molecule has 0 radical (unpaired) electrons. The minimum Gasteiger partial charge on any atom is -0.494 e. The van der Waals surface area contributed by atoms with Crippen molar-refractivity contribution in [3.05, 3.63) is 53.8 Å². The maximum atomic E-state index is 13.7. The van der Waals surface area contributed by atoms with Crippen molar-refractivity contribution >= 4 is 5.97 Å². The number of carbonyl (C=O) groups is 1. The zero-order valence-electron chi connectivity index (χ0n) is 10.4. The Bertz CT molecular complexity index is 591. The van der Waals surface area contributed by atoms with Crippen LogP contribution in [0.4, 0.5) is 4.39 Å². The van der Waals surface area contributed by atoms with E-state index in [1.807, 2.05) is 6.92 Å². The summed E-state index contributed by atoms with van der Waals surface area (Å²) in [6, 6.07) is 10.6. The highest BCUT2D eigenvalue weighted by Gasteiger charge is 2.10. The summed E-state index contributed by atoms with van der Waals surface area (Å²) in [7, 11) is 0. The fourth-order valence-electron chi connectivity index (χ4n) is 1.78. The van der Waals surface area contributed by atoms with Gasteiger partial charge in [0.25, 0.3) is 0 Å². The van der Waals surface area contributed by atoms with Crippen LogP contribution in [0.15, 0.2) is 42.5 Å². The first-order valence-corrected chi connectivity index (χ1v) is 5.88. The molecule has 0 aromatic heterocycles. The molecule has 0 aliphatic heterocycles. The number of carboxylic acid groups (broad SMARTS) is 1. The van der Waals surface area contributed by atoms with E-state index in [0.717, 1.165) is 6.07 Å². The Balaban J connectivity index is 2.40. The minimum absolute atomic E-state index is 0.0604. The first-order valence-electron chi connectivity index (χ1n) is 5.88. The molecule has 0 fully saturated rings. The number of benzene rings is 2. The molecule has 1 N–H and O–H groups in total. The monoisotopic (exact) mass is 260 g/mol. The summed E-state index contributed by atoms with van der Waals surface area (Å²) in [5.74, 6) is -0.831. The molecule has 0 aliphatic carbocycles. The smallest absolute Gasteiger partial charge is 0.335 e. The van der Waals surface area contributed by atoms with Gasteiger partial charge in [0, 0.05) is 5.56 Å². The van der Waals surface area contributed by atoms with Gasteiger partial charge in [-0.25, -0.2) is 9.18 Å². The molecule has 4 heteroatoms. The van der Waals surface area contributed by atoms with Gasteiger partial charge in [-0.05, 0) is 42.8 Å². The van der Waals surface area contributed by atoms with Crippen molar-refractivity contribution in [1.29, 1.82) is 0 Å². The lowest BCUT2D eigenvalue weighted by molar-refractivity contribution is 0.0697. The Morgan fingerprint density at radius 3 is 2.47 bits per heavy atom. The molecule has 0 atom stereocenters. The lowest BCUT2D eigenvalue weighted by Crippen LogP contribution is -1.97. The molecule has 3 nitrogen and oxygen atoms in total. The summed E-state index contributed by atoms with van der Waals surface area (Å²) in [5.41, 5.74) is 0.942. The molecule has 0 heterocycles. The maximum Gasteiger partial charge on any atom is 0.335 e. The number of hydrogen-bond donors (Lipinski definition) is 1. The Kier molecular flexibility index (Phi) is 3.80. The van der Waals surface area contributed by atoms with Crippen LogP contribution in [0.2, 0.25) is 0 Å². The van der Waals surface area contributed by atoms with Gasteiger partial charge in [0.2, 0.25) is 0 Å². The van der Waals surface area contributed by atoms with Gasteiger partial charge in [0.05, 0.1) is 12.2 Å². The van der Waals surface area contributed by atoms with Crippen LogP contribution in [0.3, 0.4) is 0 Å². The van der Waals surface area contributed by atoms with E-state index in [-0.39, 0.29) is 11.1 Å². The van der Waals surface area contributed by atoms with Gasteiger partial charge in [-0.15, -0.1) is 0 Å². The zero-order chi connectivity index (χ0) is 13.8. The molecular weight excluding hydrogens is 247 g/mol. The normalized spacial score (nSPS) is 10.2. The predicted molar refractivity (Wildman–Crippen MR) is 70.0 cm³/mol. The van der Waals surface area contributed by atoms with Crippen LogP contribution in [0.25, 0.3) is 11.1 Å². The number of carboxylic acids is 1. The highest BCUT2D eigenvalue weighted by atomic mass is 19.1. The molecule has 0 bridgehead atoms. The third-order valence-electron chi connectivity index (χ3n) is 2.69. The molecule has 2 rings (SSSR count). The van der Waals surface area contributed by atoms with E-state index >= 15 is 0 Å². The number of hydrogen-bond acceptors (Lipinski definition) is 2. The van der Waals surface area contributed by atoms with Gasteiger partial charge < -0.3 is 9.84 Å². The molecule has 0 saturated heterocycles. The van der Waals surface area contributed by atoms with E-state index in [0.29, 0.717) is 17.9 Å². The third kappa shape index (κ3) is 2.91. The van der Waals surface area contributed by atoms with Crippen LogP contribution in [-0.4, -0.2) is 17.7 Å². The van der Waals surface area contributed by atoms with Crippen molar-refractivity contribution in [3.63, 3.8) is 0 Å². The van der Waals surface area contributed by atoms with Gasteiger partial charge in [-0.2, -0.15) is 0 Å². The fourth-order valence-corrected chi connectivity index (χ4v) is 1.78. The Labute approximate surface area is 110 Å². The molecule has 0 amide bonds. The number of ether oxygens (including phenoxy) is 1. The second-order valence-electron chi connectivity index (χ2n) is 3.96. The highest BCUT2D eigenvalue weighted by molar-refractivity contribution is 5.89. The summed E-state index contributed by atoms with van der Waals surface area (Å²) < 4.78 is 19.0. The Morgan fingerprint density at radius 1 is 1.21 bits per heavy atom.